The van der Waals surface area contributed by atoms with Gasteiger partial charge in [0.15, 0.2) is 0 Å². The predicted molar refractivity (Wildman–Crippen MR) is 99.1 cm³/mol. The first-order valence-electron chi connectivity index (χ1n) is 8.73. The van der Waals surface area contributed by atoms with Crippen LogP contribution in [0.4, 0.5) is 11.4 Å². The van der Waals surface area contributed by atoms with Crippen LogP contribution in [0.1, 0.15) is 19.3 Å². The van der Waals surface area contributed by atoms with Crippen LogP contribution in [0.5, 0.6) is 5.75 Å². The van der Waals surface area contributed by atoms with E-state index in [9.17, 15) is 4.79 Å². The Bertz CT molecular complexity index is 670. The molecule has 0 aliphatic carbocycles. The maximum absolute atomic E-state index is 12.2. The predicted octanol–water partition coefficient (Wildman–Crippen LogP) is 3.69. The van der Waals surface area contributed by atoms with Crippen molar-refractivity contribution < 1.29 is 14.3 Å². The number of anilines is 2. The SMILES string of the molecule is O=C(CNc1ccccc1)Nc1ccccc1OCC1CCCCO1. The molecule has 1 aliphatic heterocycles. The van der Waals surface area contributed by atoms with Gasteiger partial charge in [0.25, 0.3) is 0 Å². The fourth-order valence-corrected chi connectivity index (χ4v) is 2.75. The average Bonchev–Trinajstić information content (AvgIpc) is 2.67. The van der Waals surface area contributed by atoms with Crippen LogP contribution in [-0.4, -0.2) is 31.8 Å². The monoisotopic (exact) mass is 340 g/mol. The van der Waals surface area contributed by atoms with E-state index < -0.39 is 0 Å². The highest BCUT2D eigenvalue weighted by molar-refractivity contribution is 5.95. The Morgan fingerprint density at radius 3 is 2.68 bits per heavy atom. The second kappa shape index (κ2) is 9.08. The van der Waals surface area contributed by atoms with Crippen molar-refractivity contribution in [2.24, 2.45) is 0 Å². The van der Waals surface area contributed by atoms with Gasteiger partial charge in [0, 0.05) is 12.3 Å². The molecule has 1 saturated heterocycles. The van der Waals surface area contributed by atoms with E-state index in [0.717, 1.165) is 25.1 Å². The van der Waals surface area contributed by atoms with Crippen molar-refractivity contribution in [3.63, 3.8) is 0 Å². The number of ether oxygens (including phenoxy) is 2. The Kier molecular flexibility index (Phi) is 6.29. The second-order valence-corrected chi connectivity index (χ2v) is 6.06. The molecule has 132 valence electrons. The molecule has 3 rings (SSSR count). The Morgan fingerprint density at radius 1 is 1.08 bits per heavy atom. The van der Waals surface area contributed by atoms with E-state index in [1.165, 1.54) is 6.42 Å². The minimum atomic E-state index is -0.117. The number of hydrogen-bond donors (Lipinski definition) is 2. The summed E-state index contributed by atoms with van der Waals surface area (Å²) in [4.78, 5) is 12.2. The number of carbonyl (C=O) groups is 1. The molecular formula is C20H24N2O3. The minimum Gasteiger partial charge on any atom is -0.489 e. The Morgan fingerprint density at radius 2 is 1.88 bits per heavy atom. The Hall–Kier alpha value is -2.53. The second-order valence-electron chi connectivity index (χ2n) is 6.06. The first kappa shape index (κ1) is 17.3. The summed E-state index contributed by atoms with van der Waals surface area (Å²) in [5.74, 6) is 0.554. The van der Waals surface area contributed by atoms with Crippen molar-refractivity contribution in [3.8, 4) is 5.75 Å². The summed E-state index contributed by atoms with van der Waals surface area (Å²) < 4.78 is 11.6. The smallest absolute Gasteiger partial charge is 0.243 e. The zero-order chi connectivity index (χ0) is 17.3. The van der Waals surface area contributed by atoms with Crippen LogP contribution in [0.25, 0.3) is 0 Å². The third-order valence-electron chi connectivity index (χ3n) is 4.09. The van der Waals surface area contributed by atoms with Crippen LogP contribution in [0.3, 0.4) is 0 Å². The molecule has 1 unspecified atom stereocenters. The fourth-order valence-electron chi connectivity index (χ4n) is 2.75. The topological polar surface area (TPSA) is 59.6 Å². The molecule has 25 heavy (non-hydrogen) atoms. The van der Waals surface area contributed by atoms with Crippen molar-refractivity contribution in [1.29, 1.82) is 0 Å². The largest absolute Gasteiger partial charge is 0.489 e. The summed E-state index contributed by atoms with van der Waals surface area (Å²) in [6, 6.07) is 17.1. The molecule has 5 heteroatoms. The van der Waals surface area contributed by atoms with E-state index in [-0.39, 0.29) is 18.6 Å². The normalized spacial score (nSPS) is 16.9. The van der Waals surface area contributed by atoms with Gasteiger partial charge in [-0.1, -0.05) is 30.3 Å². The van der Waals surface area contributed by atoms with Crippen LogP contribution in [0.15, 0.2) is 54.6 Å². The van der Waals surface area contributed by atoms with Crippen molar-refractivity contribution in [2.75, 3.05) is 30.4 Å². The lowest BCUT2D eigenvalue weighted by Gasteiger charge is -2.23. The van der Waals surface area contributed by atoms with E-state index in [1.807, 2.05) is 54.6 Å². The first-order valence-corrected chi connectivity index (χ1v) is 8.73. The van der Waals surface area contributed by atoms with Crippen molar-refractivity contribution in [1.82, 2.24) is 0 Å². The van der Waals surface area contributed by atoms with E-state index in [0.29, 0.717) is 18.0 Å². The molecule has 0 aromatic heterocycles. The molecule has 1 heterocycles. The summed E-state index contributed by atoms with van der Waals surface area (Å²) in [5.41, 5.74) is 1.59. The Balaban J connectivity index is 1.52. The lowest BCUT2D eigenvalue weighted by molar-refractivity contribution is -0.114. The van der Waals surface area contributed by atoms with E-state index in [1.54, 1.807) is 0 Å². The highest BCUT2D eigenvalue weighted by Crippen LogP contribution is 2.25. The number of benzene rings is 2. The van der Waals surface area contributed by atoms with Gasteiger partial charge in [0.1, 0.15) is 12.4 Å². The molecule has 1 aliphatic rings. The van der Waals surface area contributed by atoms with Crippen molar-refractivity contribution in [3.05, 3.63) is 54.6 Å². The van der Waals surface area contributed by atoms with Gasteiger partial charge in [-0.3, -0.25) is 4.79 Å². The molecule has 2 aromatic carbocycles. The van der Waals surface area contributed by atoms with Crippen LogP contribution in [0, 0.1) is 0 Å². The van der Waals surface area contributed by atoms with Crippen LogP contribution >= 0.6 is 0 Å². The zero-order valence-corrected chi connectivity index (χ0v) is 14.2. The molecule has 2 aromatic rings. The summed E-state index contributed by atoms with van der Waals surface area (Å²) in [7, 11) is 0. The van der Waals surface area contributed by atoms with Gasteiger partial charge in [-0.15, -0.1) is 0 Å². The molecule has 0 bridgehead atoms. The lowest BCUT2D eigenvalue weighted by Crippen LogP contribution is -2.26. The number of para-hydroxylation sites is 3. The van der Waals surface area contributed by atoms with Gasteiger partial charge in [-0.05, 0) is 43.5 Å². The van der Waals surface area contributed by atoms with Gasteiger partial charge in [-0.2, -0.15) is 0 Å². The summed E-state index contributed by atoms with van der Waals surface area (Å²) in [6.45, 7) is 1.51. The minimum absolute atomic E-state index is 0.117. The van der Waals surface area contributed by atoms with Crippen LogP contribution in [-0.2, 0) is 9.53 Å². The van der Waals surface area contributed by atoms with E-state index in [2.05, 4.69) is 10.6 Å². The van der Waals surface area contributed by atoms with Crippen molar-refractivity contribution >= 4 is 17.3 Å². The molecule has 0 spiro atoms. The third kappa shape index (κ3) is 5.50. The quantitative estimate of drug-likeness (QED) is 0.807. The highest BCUT2D eigenvalue weighted by atomic mass is 16.5. The average molecular weight is 340 g/mol. The van der Waals surface area contributed by atoms with Crippen molar-refractivity contribution in [2.45, 2.75) is 25.4 Å². The molecule has 0 radical (unpaired) electrons. The maximum atomic E-state index is 12.2. The Labute approximate surface area is 148 Å². The number of amides is 1. The molecule has 0 saturated carbocycles. The van der Waals surface area contributed by atoms with Crippen LogP contribution < -0.4 is 15.4 Å². The van der Waals surface area contributed by atoms with Gasteiger partial charge < -0.3 is 20.1 Å². The fraction of sp³-hybridized carbons (Fsp3) is 0.350. The zero-order valence-electron chi connectivity index (χ0n) is 14.2. The molecular weight excluding hydrogens is 316 g/mol. The van der Waals surface area contributed by atoms with E-state index in [4.69, 9.17) is 9.47 Å². The molecule has 2 N–H and O–H groups in total. The van der Waals surface area contributed by atoms with Gasteiger partial charge >= 0.3 is 0 Å². The van der Waals surface area contributed by atoms with Gasteiger partial charge in [0.2, 0.25) is 5.91 Å². The highest BCUT2D eigenvalue weighted by Gasteiger charge is 2.15. The summed E-state index contributed by atoms with van der Waals surface area (Å²) in [6.07, 6.45) is 3.46. The number of carbonyl (C=O) groups excluding carboxylic acids is 1. The summed E-state index contributed by atoms with van der Waals surface area (Å²) >= 11 is 0. The standard InChI is InChI=1S/C20H24N2O3/c23-20(14-21-16-8-2-1-3-9-16)22-18-11-4-5-12-19(18)25-15-17-10-6-7-13-24-17/h1-5,8-9,11-12,17,21H,6-7,10,13-15H2,(H,22,23). The lowest BCUT2D eigenvalue weighted by atomic mass is 10.1. The maximum Gasteiger partial charge on any atom is 0.243 e. The van der Waals surface area contributed by atoms with Gasteiger partial charge in [-0.25, -0.2) is 0 Å². The number of hydrogen-bond acceptors (Lipinski definition) is 4. The van der Waals surface area contributed by atoms with Gasteiger partial charge in [0.05, 0.1) is 18.3 Å². The molecule has 1 amide bonds. The number of nitrogens with one attached hydrogen (secondary N) is 2. The number of rotatable bonds is 7. The summed E-state index contributed by atoms with van der Waals surface area (Å²) in [5, 5.41) is 6.00. The third-order valence-corrected chi connectivity index (χ3v) is 4.09. The first-order chi connectivity index (χ1) is 12.3. The molecule has 5 nitrogen and oxygen atoms in total. The van der Waals surface area contributed by atoms with E-state index >= 15 is 0 Å². The van der Waals surface area contributed by atoms with Crippen LogP contribution in [0.2, 0.25) is 0 Å². The molecule has 1 atom stereocenters. The molecule has 1 fully saturated rings.